The normalized spacial score (nSPS) is 10.3. The number of hydrogen-bond donors (Lipinski definition) is 2. The van der Waals surface area contributed by atoms with Crippen molar-refractivity contribution < 1.29 is 14.3 Å². The molecule has 0 aliphatic carbocycles. The lowest BCUT2D eigenvalue weighted by Gasteiger charge is -2.12. The van der Waals surface area contributed by atoms with Crippen LogP contribution in [0.1, 0.15) is 20.7 Å². The Bertz CT molecular complexity index is 948. The van der Waals surface area contributed by atoms with Gasteiger partial charge in [-0.2, -0.15) is 0 Å². The molecule has 0 radical (unpaired) electrons. The van der Waals surface area contributed by atoms with Crippen molar-refractivity contribution in [3.8, 4) is 5.75 Å². The smallest absolute Gasteiger partial charge is 0.256 e. The van der Waals surface area contributed by atoms with Crippen molar-refractivity contribution in [1.82, 2.24) is 10.3 Å². The van der Waals surface area contributed by atoms with Gasteiger partial charge in [0.15, 0.2) is 0 Å². The molecule has 0 fully saturated rings. The zero-order valence-corrected chi connectivity index (χ0v) is 13.9. The SMILES string of the molecule is CNC(=O)c1ccc(OC)c(NC(=O)c2ccnc3ccccc23)c1. The van der Waals surface area contributed by atoms with Gasteiger partial charge >= 0.3 is 0 Å². The van der Waals surface area contributed by atoms with E-state index in [1.165, 1.54) is 7.11 Å². The van der Waals surface area contributed by atoms with Crippen LogP contribution in [0, 0.1) is 0 Å². The predicted octanol–water partition coefficient (Wildman–Crippen LogP) is 2.86. The summed E-state index contributed by atoms with van der Waals surface area (Å²) >= 11 is 0. The van der Waals surface area contributed by atoms with Crippen LogP contribution in [0.5, 0.6) is 5.75 Å². The van der Waals surface area contributed by atoms with Gasteiger partial charge in [0.2, 0.25) is 0 Å². The molecule has 3 aromatic rings. The van der Waals surface area contributed by atoms with Crippen molar-refractivity contribution in [1.29, 1.82) is 0 Å². The molecular formula is C19H17N3O3. The summed E-state index contributed by atoms with van der Waals surface area (Å²) in [4.78, 5) is 28.8. The van der Waals surface area contributed by atoms with Gasteiger partial charge in [0, 0.05) is 24.2 Å². The van der Waals surface area contributed by atoms with Gasteiger partial charge in [-0.3, -0.25) is 14.6 Å². The first kappa shape index (κ1) is 16.4. The molecule has 2 amide bonds. The van der Waals surface area contributed by atoms with Gasteiger partial charge in [-0.1, -0.05) is 18.2 Å². The summed E-state index contributed by atoms with van der Waals surface area (Å²) < 4.78 is 5.28. The number of nitrogens with zero attached hydrogens (tertiary/aromatic N) is 1. The number of carbonyl (C=O) groups excluding carboxylic acids is 2. The van der Waals surface area contributed by atoms with E-state index in [0.717, 1.165) is 10.9 Å². The second-order valence-electron chi connectivity index (χ2n) is 5.32. The summed E-state index contributed by atoms with van der Waals surface area (Å²) in [6, 6.07) is 13.9. The molecule has 0 saturated heterocycles. The fraction of sp³-hybridized carbons (Fsp3) is 0.105. The molecule has 0 unspecified atom stereocenters. The van der Waals surface area contributed by atoms with Crippen LogP contribution in [0.2, 0.25) is 0 Å². The van der Waals surface area contributed by atoms with Crippen LogP contribution < -0.4 is 15.4 Å². The lowest BCUT2D eigenvalue weighted by molar-refractivity contribution is 0.0961. The molecule has 0 spiro atoms. The molecular weight excluding hydrogens is 318 g/mol. The summed E-state index contributed by atoms with van der Waals surface area (Å²) in [6.45, 7) is 0. The maximum atomic E-state index is 12.8. The number of anilines is 1. The number of aromatic nitrogens is 1. The Hall–Kier alpha value is -3.41. The highest BCUT2D eigenvalue weighted by molar-refractivity contribution is 6.13. The van der Waals surface area contributed by atoms with E-state index in [1.807, 2.05) is 24.3 Å². The molecule has 25 heavy (non-hydrogen) atoms. The van der Waals surface area contributed by atoms with E-state index < -0.39 is 0 Å². The fourth-order valence-electron chi connectivity index (χ4n) is 2.57. The molecule has 3 rings (SSSR count). The third-order valence-electron chi connectivity index (χ3n) is 3.83. The Kier molecular flexibility index (Phi) is 4.61. The van der Waals surface area contributed by atoms with Crippen LogP contribution >= 0.6 is 0 Å². The van der Waals surface area contributed by atoms with E-state index in [2.05, 4.69) is 15.6 Å². The van der Waals surface area contributed by atoms with Crippen LogP contribution in [0.15, 0.2) is 54.7 Å². The quantitative estimate of drug-likeness (QED) is 0.768. The number of nitrogens with one attached hydrogen (secondary N) is 2. The molecule has 1 aromatic heterocycles. The van der Waals surface area contributed by atoms with Crippen LogP contribution in [0.4, 0.5) is 5.69 Å². The highest BCUT2D eigenvalue weighted by Crippen LogP contribution is 2.27. The molecule has 1 heterocycles. The maximum absolute atomic E-state index is 12.8. The van der Waals surface area contributed by atoms with Crippen LogP contribution in [0.3, 0.4) is 0 Å². The number of para-hydroxylation sites is 1. The molecule has 0 bridgehead atoms. The summed E-state index contributed by atoms with van der Waals surface area (Å²) in [5, 5.41) is 6.13. The van der Waals surface area contributed by atoms with E-state index in [9.17, 15) is 9.59 Å². The number of methoxy groups -OCH3 is 1. The fourth-order valence-corrected chi connectivity index (χ4v) is 2.57. The van der Waals surface area contributed by atoms with Crippen molar-refractivity contribution in [2.75, 3.05) is 19.5 Å². The topological polar surface area (TPSA) is 80.3 Å². The number of hydrogen-bond acceptors (Lipinski definition) is 4. The number of carbonyl (C=O) groups is 2. The number of amides is 2. The van der Waals surface area contributed by atoms with Crippen molar-refractivity contribution >= 4 is 28.4 Å². The van der Waals surface area contributed by atoms with E-state index in [4.69, 9.17) is 4.74 Å². The van der Waals surface area contributed by atoms with Gasteiger partial charge in [0.05, 0.1) is 23.9 Å². The molecule has 0 saturated carbocycles. The minimum absolute atomic E-state index is 0.243. The number of rotatable bonds is 4. The summed E-state index contributed by atoms with van der Waals surface area (Å²) in [7, 11) is 3.06. The molecule has 0 atom stereocenters. The monoisotopic (exact) mass is 335 g/mol. The van der Waals surface area contributed by atoms with Gasteiger partial charge in [-0.15, -0.1) is 0 Å². The molecule has 2 aromatic carbocycles. The molecule has 2 N–H and O–H groups in total. The highest BCUT2D eigenvalue weighted by atomic mass is 16.5. The average Bonchev–Trinajstić information content (AvgIpc) is 2.66. The van der Waals surface area contributed by atoms with Crippen molar-refractivity contribution in [3.63, 3.8) is 0 Å². The van der Waals surface area contributed by atoms with Gasteiger partial charge in [-0.25, -0.2) is 0 Å². The van der Waals surface area contributed by atoms with Gasteiger partial charge in [-0.05, 0) is 30.3 Å². The first-order valence-corrected chi connectivity index (χ1v) is 7.69. The van der Waals surface area contributed by atoms with E-state index in [1.54, 1.807) is 37.5 Å². The summed E-state index contributed by atoms with van der Waals surface area (Å²) in [5.41, 5.74) is 2.09. The minimum Gasteiger partial charge on any atom is -0.495 e. The third-order valence-corrected chi connectivity index (χ3v) is 3.83. The molecule has 126 valence electrons. The molecule has 6 nitrogen and oxygen atoms in total. The predicted molar refractivity (Wildman–Crippen MR) is 96.1 cm³/mol. The van der Waals surface area contributed by atoms with Crippen molar-refractivity contribution in [2.24, 2.45) is 0 Å². The van der Waals surface area contributed by atoms with Crippen molar-refractivity contribution in [2.45, 2.75) is 0 Å². The van der Waals surface area contributed by atoms with Crippen molar-refractivity contribution in [3.05, 3.63) is 65.9 Å². The Morgan fingerprint density at radius 2 is 1.84 bits per heavy atom. The van der Waals surface area contributed by atoms with Gasteiger partial charge < -0.3 is 15.4 Å². The van der Waals surface area contributed by atoms with Gasteiger partial charge in [0.1, 0.15) is 5.75 Å². The Morgan fingerprint density at radius 3 is 2.60 bits per heavy atom. The molecule has 6 heteroatoms. The second kappa shape index (κ2) is 7.00. The lowest BCUT2D eigenvalue weighted by atomic mass is 10.1. The number of pyridine rings is 1. The Balaban J connectivity index is 1.98. The number of ether oxygens (including phenoxy) is 1. The zero-order valence-electron chi connectivity index (χ0n) is 13.9. The van der Waals surface area contributed by atoms with Crippen LogP contribution in [-0.4, -0.2) is 31.0 Å². The van der Waals surface area contributed by atoms with E-state index >= 15 is 0 Å². The molecule has 0 aliphatic heterocycles. The third kappa shape index (κ3) is 3.28. The Morgan fingerprint density at radius 1 is 1.04 bits per heavy atom. The maximum Gasteiger partial charge on any atom is 0.256 e. The standard InChI is InChI=1S/C19H17N3O3/c1-20-18(23)12-7-8-17(25-2)16(11-12)22-19(24)14-9-10-21-15-6-4-3-5-13(14)15/h3-11H,1-2H3,(H,20,23)(H,22,24). The highest BCUT2D eigenvalue weighted by Gasteiger charge is 2.15. The summed E-state index contributed by atoms with van der Waals surface area (Å²) in [6.07, 6.45) is 1.59. The molecule has 0 aliphatic rings. The lowest BCUT2D eigenvalue weighted by Crippen LogP contribution is -2.19. The number of fused-ring (bicyclic) bond motifs is 1. The first-order valence-electron chi connectivity index (χ1n) is 7.69. The first-order chi connectivity index (χ1) is 12.1. The Labute approximate surface area is 144 Å². The minimum atomic E-state index is -0.300. The van der Waals surface area contributed by atoms with Gasteiger partial charge in [0.25, 0.3) is 11.8 Å². The average molecular weight is 335 g/mol. The second-order valence-corrected chi connectivity index (χ2v) is 5.32. The van der Waals surface area contributed by atoms with E-state index in [-0.39, 0.29) is 11.8 Å². The van der Waals surface area contributed by atoms with Crippen LogP contribution in [0.25, 0.3) is 10.9 Å². The largest absolute Gasteiger partial charge is 0.495 e. The summed E-state index contributed by atoms with van der Waals surface area (Å²) in [5.74, 6) is -0.0714. The van der Waals surface area contributed by atoms with E-state index in [0.29, 0.717) is 22.6 Å². The zero-order chi connectivity index (χ0) is 17.8. The van der Waals surface area contributed by atoms with Crippen LogP contribution in [-0.2, 0) is 0 Å². The number of benzene rings is 2.